The van der Waals surface area contributed by atoms with E-state index in [4.69, 9.17) is 5.73 Å². The Morgan fingerprint density at radius 2 is 2.39 bits per heavy atom. The SMILES string of the molecule is CCN1CCC(CNc2ncc(N)c(C)c2Br)C1. The lowest BCUT2D eigenvalue weighted by molar-refractivity contribution is 0.345. The number of likely N-dealkylation sites (tertiary alicyclic amines) is 1. The molecule has 0 aromatic carbocycles. The van der Waals surface area contributed by atoms with Crippen LogP contribution < -0.4 is 11.1 Å². The van der Waals surface area contributed by atoms with Gasteiger partial charge in [0.1, 0.15) is 5.82 Å². The molecule has 18 heavy (non-hydrogen) atoms. The number of nitrogen functional groups attached to an aromatic ring is 1. The van der Waals surface area contributed by atoms with Crippen LogP contribution in [-0.4, -0.2) is 36.1 Å². The minimum absolute atomic E-state index is 0.719. The molecule has 3 N–H and O–H groups in total. The first-order valence-corrected chi connectivity index (χ1v) is 7.28. The standard InChI is InChI=1S/C13H21BrN4/c1-3-18-5-4-10(8-18)6-16-13-12(14)9(2)11(15)7-17-13/h7,10H,3-6,8,15H2,1-2H3,(H,16,17). The Balaban J connectivity index is 1.93. The normalized spacial score (nSPS) is 20.3. The second-order valence-electron chi connectivity index (χ2n) is 4.93. The predicted octanol–water partition coefficient (Wildman–Crippen LogP) is 2.49. The first kappa shape index (κ1) is 13.6. The zero-order valence-electron chi connectivity index (χ0n) is 11.0. The molecule has 1 saturated heterocycles. The van der Waals surface area contributed by atoms with E-state index in [0.29, 0.717) is 0 Å². The molecule has 0 spiro atoms. The van der Waals surface area contributed by atoms with Gasteiger partial charge in [0.15, 0.2) is 0 Å². The van der Waals surface area contributed by atoms with Crippen LogP contribution >= 0.6 is 15.9 Å². The summed E-state index contributed by atoms with van der Waals surface area (Å²) in [6, 6.07) is 0. The van der Waals surface area contributed by atoms with Crippen molar-refractivity contribution in [3.63, 3.8) is 0 Å². The third kappa shape index (κ3) is 2.95. The van der Waals surface area contributed by atoms with Gasteiger partial charge in [-0.25, -0.2) is 4.98 Å². The number of hydrogen-bond donors (Lipinski definition) is 2. The van der Waals surface area contributed by atoms with Crippen molar-refractivity contribution in [2.24, 2.45) is 5.92 Å². The van der Waals surface area contributed by atoms with Crippen molar-refractivity contribution in [3.05, 3.63) is 16.2 Å². The summed E-state index contributed by atoms with van der Waals surface area (Å²) in [6.07, 6.45) is 2.99. The van der Waals surface area contributed by atoms with Crippen molar-refractivity contribution in [2.75, 3.05) is 37.2 Å². The number of hydrogen-bond acceptors (Lipinski definition) is 4. The van der Waals surface area contributed by atoms with E-state index in [9.17, 15) is 0 Å². The van der Waals surface area contributed by atoms with Gasteiger partial charge in [0, 0.05) is 13.1 Å². The molecular formula is C13H21BrN4. The molecule has 1 aromatic heterocycles. The van der Waals surface area contributed by atoms with Crippen LogP contribution in [0.3, 0.4) is 0 Å². The minimum atomic E-state index is 0.719. The van der Waals surface area contributed by atoms with Gasteiger partial charge < -0.3 is 16.0 Å². The van der Waals surface area contributed by atoms with Crippen molar-refractivity contribution in [1.29, 1.82) is 0 Å². The van der Waals surface area contributed by atoms with Crippen LogP contribution in [0.5, 0.6) is 0 Å². The largest absolute Gasteiger partial charge is 0.397 e. The van der Waals surface area contributed by atoms with Crippen LogP contribution in [-0.2, 0) is 0 Å². The van der Waals surface area contributed by atoms with Gasteiger partial charge in [0.2, 0.25) is 0 Å². The molecule has 2 rings (SSSR count). The van der Waals surface area contributed by atoms with Gasteiger partial charge >= 0.3 is 0 Å². The summed E-state index contributed by atoms with van der Waals surface area (Å²) in [4.78, 5) is 6.83. The Morgan fingerprint density at radius 1 is 1.61 bits per heavy atom. The summed E-state index contributed by atoms with van der Waals surface area (Å²) in [6.45, 7) is 8.76. The topological polar surface area (TPSA) is 54.2 Å². The van der Waals surface area contributed by atoms with E-state index in [1.54, 1.807) is 6.20 Å². The maximum Gasteiger partial charge on any atom is 0.140 e. The van der Waals surface area contributed by atoms with E-state index >= 15 is 0 Å². The van der Waals surface area contributed by atoms with E-state index in [0.717, 1.165) is 40.5 Å². The van der Waals surface area contributed by atoms with Crippen LogP contribution in [0.4, 0.5) is 11.5 Å². The molecule has 1 aromatic rings. The number of nitrogens with two attached hydrogens (primary N) is 1. The third-order valence-corrected chi connectivity index (χ3v) is 4.65. The molecule has 100 valence electrons. The highest BCUT2D eigenvalue weighted by atomic mass is 79.9. The molecule has 2 heterocycles. The first-order valence-electron chi connectivity index (χ1n) is 6.48. The highest BCUT2D eigenvalue weighted by Gasteiger charge is 2.21. The molecule has 1 aliphatic heterocycles. The fraction of sp³-hybridized carbons (Fsp3) is 0.615. The van der Waals surface area contributed by atoms with Gasteiger partial charge in [-0.3, -0.25) is 0 Å². The predicted molar refractivity (Wildman–Crippen MR) is 79.8 cm³/mol. The Morgan fingerprint density at radius 3 is 3.06 bits per heavy atom. The average molecular weight is 313 g/mol. The monoisotopic (exact) mass is 312 g/mol. The molecule has 0 saturated carbocycles. The lowest BCUT2D eigenvalue weighted by atomic mass is 10.1. The molecule has 1 unspecified atom stereocenters. The van der Waals surface area contributed by atoms with Crippen molar-refractivity contribution in [3.8, 4) is 0 Å². The fourth-order valence-corrected chi connectivity index (χ4v) is 2.79. The van der Waals surface area contributed by atoms with Crippen LogP contribution in [0.25, 0.3) is 0 Å². The van der Waals surface area contributed by atoms with Crippen LogP contribution in [0.1, 0.15) is 18.9 Å². The van der Waals surface area contributed by atoms with Gasteiger partial charge in [-0.05, 0) is 53.8 Å². The molecule has 0 radical (unpaired) electrons. The van der Waals surface area contributed by atoms with Crippen molar-refractivity contribution in [2.45, 2.75) is 20.3 Å². The quantitative estimate of drug-likeness (QED) is 0.897. The number of rotatable bonds is 4. The van der Waals surface area contributed by atoms with Crippen molar-refractivity contribution in [1.82, 2.24) is 9.88 Å². The van der Waals surface area contributed by atoms with Crippen LogP contribution in [0.2, 0.25) is 0 Å². The summed E-state index contributed by atoms with van der Waals surface area (Å²) in [7, 11) is 0. The zero-order valence-corrected chi connectivity index (χ0v) is 12.6. The maximum absolute atomic E-state index is 5.82. The van der Waals surface area contributed by atoms with Gasteiger partial charge in [-0.15, -0.1) is 0 Å². The summed E-state index contributed by atoms with van der Waals surface area (Å²) in [5.74, 6) is 1.62. The zero-order chi connectivity index (χ0) is 13.1. The smallest absolute Gasteiger partial charge is 0.140 e. The molecule has 0 aliphatic carbocycles. The number of aromatic nitrogens is 1. The van der Waals surface area contributed by atoms with Gasteiger partial charge in [-0.1, -0.05) is 6.92 Å². The summed E-state index contributed by atoms with van der Waals surface area (Å²) in [5.41, 5.74) is 7.59. The Kier molecular flexibility index (Phi) is 4.45. The number of halogens is 1. The Hall–Kier alpha value is -0.810. The Bertz CT molecular complexity index is 422. The number of pyridine rings is 1. The fourth-order valence-electron chi connectivity index (χ4n) is 2.32. The van der Waals surface area contributed by atoms with Gasteiger partial charge in [0.25, 0.3) is 0 Å². The molecule has 5 heteroatoms. The minimum Gasteiger partial charge on any atom is -0.397 e. The second kappa shape index (κ2) is 5.89. The lowest BCUT2D eigenvalue weighted by Gasteiger charge is -2.15. The van der Waals surface area contributed by atoms with E-state index < -0.39 is 0 Å². The van der Waals surface area contributed by atoms with E-state index in [1.807, 2.05) is 6.92 Å². The van der Waals surface area contributed by atoms with Gasteiger partial charge in [0.05, 0.1) is 16.4 Å². The average Bonchev–Trinajstić information content (AvgIpc) is 2.83. The summed E-state index contributed by atoms with van der Waals surface area (Å²) >= 11 is 3.55. The van der Waals surface area contributed by atoms with Crippen molar-refractivity contribution < 1.29 is 0 Å². The van der Waals surface area contributed by atoms with E-state index in [1.165, 1.54) is 19.5 Å². The van der Waals surface area contributed by atoms with Gasteiger partial charge in [-0.2, -0.15) is 0 Å². The van der Waals surface area contributed by atoms with Crippen LogP contribution in [0.15, 0.2) is 10.7 Å². The number of anilines is 2. The molecular weight excluding hydrogens is 292 g/mol. The molecule has 4 nitrogen and oxygen atoms in total. The maximum atomic E-state index is 5.82. The molecule has 0 bridgehead atoms. The highest BCUT2D eigenvalue weighted by Crippen LogP contribution is 2.28. The third-order valence-electron chi connectivity index (χ3n) is 3.68. The van der Waals surface area contributed by atoms with E-state index in [2.05, 4.69) is 38.1 Å². The second-order valence-corrected chi connectivity index (χ2v) is 5.72. The molecule has 1 atom stereocenters. The summed E-state index contributed by atoms with van der Waals surface area (Å²) < 4.78 is 0.979. The Labute approximate surface area is 117 Å². The molecule has 1 fully saturated rings. The molecule has 1 aliphatic rings. The number of nitrogens with zero attached hydrogens (tertiary/aromatic N) is 2. The summed E-state index contributed by atoms with van der Waals surface area (Å²) in [5, 5.41) is 3.43. The number of nitrogens with one attached hydrogen (secondary N) is 1. The first-order chi connectivity index (χ1) is 8.61. The lowest BCUT2D eigenvalue weighted by Crippen LogP contribution is -2.22. The highest BCUT2D eigenvalue weighted by molar-refractivity contribution is 9.10. The van der Waals surface area contributed by atoms with Crippen LogP contribution in [0, 0.1) is 12.8 Å². The van der Waals surface area contributed by atoms with Crippen molar-refractivity contribution >= 4 is 27.4 Å². The molecule has 0 amide bonds. The van der Waals surface area contributed by atoms with E-state index in [-0.39, 0.29) is 0 Å².